The highest BCUT2D eigenvalue weighted by molar-refractivity contribution is 7.17. The number of fused-ring (bicyclic) bond motifs is 1. The molecule has 2 aromatic heterocycles. The average molecular weight is 471 g/mol. The Morgan fingerprint density at radius 3 is 2.87 bits per heavy atom. The van der Waals surface area contributed by atoms with Crippen LogP contribution in [0.5, 0.6) is 5.06 Å². The van der Waals surface area contributed by atoms with Crippen molar-refractivity contribution in [1.29, 1.82) is 0 Å². The van der Waals surface area contributed by atoms with Gasteiger partial charge in [-0.2, -0.15) is 0 Å². The number of amides is 2. The Balaban J connectivity index is 1.39. The minimum Gasteiger partial charge on any atom is -0.399 e. The van der Waals surface area contributed by atoms with Crippen LogP contribution in [0, 0.1) is 0 Å². The lowest BCUT2D eigenvalue weighted by Gasteiger charge is -2.21. The Morgan fingerprint density at radius 2 is 2.13 bits per heavy atom. The maximum Gasteiger partial charge on any atom is 0.413 e. The van der Waals surface area contributed by atoms with Gasteiger partial charge in [0.15, 0.2) is 10.1 Å². The van der Waals surface area contributed by atoms with E-state index < -0.39 is 6.09 Å². The zero-order valence-corrected chi connectivity index (χ0v) is 18.9. The molecular weight excluding hydrogens is 448 g/mol. The lowest BCUT2D eigenvalue weighted by Crippen LogP contribution is -2.40. The van der Waals surface area contributed by atoms with Crippen molar-refractivity contribution in [3.05, 3.63) is 32.0 Å². The van der Waals surface area contributed by atoms with Gasteiger partial charge in [0, 0.05) is 30.9 Å². The first kappa shape index (κ1) is 21.5. The lowest BCUT2D eigenvalue weighted by atomic mass is 10.2. The number of carbonyl (C=O) groups is 2. The number of nitrogens with one attached hydrogen (secondary N) is 1. The van der Waals surface area contributed by atoms with Gasteiger partial charge in [-0.3, -0.25) is 4.79 Å². The van der Waals surface area contributed by atoms with E-state index in [2.05, 4.69) is 22.2 Å². The van der Waals surface area contributed by atoms with Crippen LogP contribution in [0.25, 0.3) is 0 Å². The fourth-order valence-corrected chi connectivity index (χ4v) is 5.70. The molecule has 0 bridgehead atoms. The SMILES string of the molecule is CN1CCc2nc(C(=O)N3CC(NC(=O)Oc4ccc(Cl)s4)CC3CO)sc2CC1. The number of likely N-dealkylation sites (N-methyl/N-ethyl adjacent to an activating group) is 1. The largest absolute Gasteiger partial charge is 0.413 e. The zero-order chi connectivity index (χ0) is 21.3. The molecule has 0 spiro atoms. The van der Waals surface area contributed by atoms with Gasteiger partial charge in [-0.15, -0.1) is 11.3 Å². The highest BCUT2D eigenvalue weighted by Gasteiger charge is 2.37. The van der Waals surface area contributed by atoms with Gasteiger partial charge < -0.3 is 25.0 Å². The monoisotopic (exact) mass is 470 g/mol. The second-order valence-corrected chi connectivity index (χ2v) is 10.3. The molecule has 2 amide bonds. The molecule has 2 atom stereocenters. The number of nitrogens with zero attached hydrogens (tertiary/aromatic N) is 3. The Labute approximate surface area is 187 Å². The van der Waals surface area contributed by atoms with Gasteiger partial charge in [0.2, 0.25) is 0 Å². The second-order valence-electron chi connectivity index (χ2n) is 7.51. The van der Waals surface area contributed by atoms with Gasteiger partial charge in [0.05, 0.1) is 28.7 Å². The van der Waals surface area contributed by atoms with E-state index in [9.17, 15) is 14.7 Å². The van der Waals surface area contributed by atoms with E-state index in [1.165, 1.54) is 11.3 Å². The Kier molecular flexibility index (Phi) is 6.59. The normalized spacial score (nSPS) is 21.9. The highest BCUT2D eigenvalue weighted by atomic mass is 35.5. The fourth-order valence-electron chi connectivity index (χ4n) is 3.77. The molecule has 0 aromatic carbocycles. The minimum atomic E-state index is -0.602. The van der Waals surface area contributed by atoms with Gasteiger partial charge in [-0.05, 0) is 32.0 Å². The molecule has 2 aliphatic rings. The Morgan fingerprint density at radius 1 is 1.33 bits per heavy atom. The van der Waals surface area contributed by atoms with E-state index >= 15 is 0 Å². The van der Waals surface area contributed by atoms with Crippen molar-refractivity contribution in [3.8, 4) is 5.06 Å². The third-order valence-corrected chi connectivity index (χ3v) is 7.62. The summed E-state index contributed by atoms with van der Waals surface area (Å²) in [5, 5.41) is 13.4. The number of aliphatic hydroxyl groups is 1. The predicted octanol–water partition coefficient (Wildman–Crippen LogP) is 2.25. The van der Waals surface area contributed by atoms with Crippen LogP contribution in [0.4, 0.5) is 4.79 Å². The number of carbonyl (C=O) groups excluding carboxylic acids is 2. The number of thiophene rings is 1. The molecule has 0 saturated carbocycles. The molecule has 1 fully saturated rings. The van der Waals surface area contributed by atoms with Crippen LogP contribution < -0.4 is 10.1 Å². The molecule has 162 valence electrons. The number of aliphatic hydroxyl groups excluding tert-OH is 1. The fraction of sp³-hybridized carbons (Fsp3) is 0.526. The van der Waals surface area contributed by atoms with E-state index in [-0.39, 0.29) is 24.6 Å². The molecule has 2 N–H and O–H groups in total. The first-order valence-electron chi connectivity index (χ1n) is 9.75. The summed E-state index contributed by atoms with van der Waals surface area (Å²) in [6.45, 7) is 2.01. The van der Waals surface area contributed by atoms with Crippen LogP contribution in [0.2, 0.25) is 4.34 Å². The van der Waals surface area contributed by atoms with Crippen LogP contribution in [-0.4, -0.2) is 77.3 Å². The predicted molar refractivity (Wildman–Crippen MR) is 116 cm³/mol. The van der Waals surface area contributed by atoms with Crippen LogP contribution in [-0.2, 0) is 12.8 Å². The molecule has 0 radical (unpaired) electrons. The highest BCUT2D eigenvalue weighted by Crippen LogP contribution is 2.29. The van der Waals surface area contributed by atoms with Crippen molar-refractivity contribution in [2.45, 2.75) is 31.3 Å². The van der Waals surface area contributed by atoms with Crippen LogP contribution >= 0.6 is 34.3 Å². The standard InChI is InChI=1S/C19H23ClN4O4S2/c1-23-6-4-13-14(5-7-23)29-17(22-13)18(26)24-9-11(8-12(24)10-25)21-19(27)28-16-3-2-15(20)30-16/h2-3,11-12,25H,4-10H2,1H3,(H,21,27). The van der Waals surface area contributed by atoms with Crippen molar-refractivity contribution in [3.63, 3.8) is 0 Å². The maximum absolute atomic E-state index is 13.1. The summed E-state index contributed by atoms with van der Waals surface area (Å²) in [5.74, 6) is -0.191. The minimum absolute atomic E-state index is 0.171. The number of hydrogen-bond donors (Lipinski definition) is 2. The Hall–Kier alpha value is -1.72. The molecule has 1 saturated heterocycles. The van der Waals surface area contributed by atoms with Crippen molar-refractivity contribution in [2.75, 3.05) is 33.3 Å². The molecule has 4 heterocycles. The van der Waals surface area contributed by atoms with Crippen LogP contribution in [0.15, 0.2) is 12.1 Å². The van der Waals surface area contributed by atoms with Crippen LogP contribution in [0.1, 0.15) is 26.8 Å². The van der Waals surface area contributed by atoms with Crippen molar-refractivity contribution in [1.82, 2.24) is 20.1 Å². The molecule has 2 unspecified atom stereocenters. The smallest absolute Gasteiger partial charge is 0.399 e. The molecule has 0 aliphatic carbocycles. The second kappa shape index (κ2) is 9.19. The summed E-state index contributed by atoms with van der Waals surface area (Å²) in [5.41, 5.74) is 1.00. The maximum atomic E-state index is 13.1. The number of hydrogen-bond acceptors (Lipinski definition) is 8. The zero-order valence-electron chi connectivity index (χ0n) is 16.5. The summed E-state index contributed by atoms with van der Waals surface area (Å²) < 4.78 is 5.76. The molecule has 8 nitrogen and oxygen atoms in total. The van der Waals surface area contributed by atoms with E-state index in [1.54, 1.807) is 17.0 Å². The summed E-state index contributed by atoms with van der Waals surface area (Å²) in [7, 11) is 2.09. The molecule has 4 rings (SSSR count). The van der Waals surface area contributed by atoms with Gasteiger partial charge in [-0.25, -0.2) is 9.78 Å². The lowest BCUT2D eigenvalue weighted by molar-refractivity contribution is 0.0675. The number of ether oxygens (including phenoxy) is 1. The molecule has 30 heavy (non-hydrogen) atoms. The number of halogens is 1. The summed E-state index contributed by atoms with van der Waals surface area (Å²) >= 11 is 8.45. The summed E-state index contributed by atoms with van der Waals surface area (Å²) in [4.78, 5) is 34.9. The van der Waals surface area contributed by atoms with Gasteiger partial charge in [-0.1, -0.05) is 22.9 Å². The average Bonchev–Trinajstić information content (AvgIpc) is 3.40. The summed E-state index contributed by atoms with van der Waals surface area (Å²) in [6.07, 6.45) is 1.58. The van der Waals surface area contributed by atoms with Crippen molar-refractivity contribution < 1.29 is 19.4 Å². The molecule has 2 aromatic rings. The van der Waals surface area contributed by atoms with Crippen molar-refractivity contribution >= 4 is 46.3 Å². The molecular formula is C19H23ClN4O4S2. The van der Waals surface area contributed by atoms with Crippen molar-refractivity contribution in [2.24, 2.45) is 0 Å². The quantitative estimate of drug-likeness (QED) is 0.711. The van der Waals surface area contributed by atoms with E-state index in [4.69, 9.17) is 16.3 Å². The van der Waals surface area contributed by atoms with Gasteiger partial charge >= 0.3 is 6.09 Å². The molecule has 2 aliphatic heterocycles. The number of aromatic nitrogens is 1. The molecule has 11 heteroatoms. The van der Waals surface area contributed by atoms with E-state index in [1.807, 2.05) is 0 Å². The third-order valence-electron chi connectivity index (χ3n) is 5.36. The number of thiazole rings is 1. The van der Waals surface area contributed by atoms with Gasteiger partial charge in [0.25, 0.3) is 5.91 Å². The van der Waals surface area contributed by atoms with E-state index in [0.717, 1.165) is 47.8 Å². The summed E-state index contributed by atoms with van der Waals surface area (Å²) in [6, 6.07) is 2.60. The van der Waals surface area contributed by atoms with E-state index in [0.29, 0.717) is 27.4 Å². The Bertz CT molecular complexity index is 908. The number of likely N-dealkylation sites (tertiary alicyclic amines) is 1. The topological polar surface area (TPSA) is 95.0 Å². The number of rotatable bonds is 4. The van der Waals surface area contributed by atoms with Crippen LogP contribution in [0.3, 0.4) is 0 Å². The first-order chi connectivity index (χ1) is 14.4. The van der Waals surface area contributed by atoms with Gasteiger partial charge in [0.1, 0.15) is 0 Å². The first-order valence-corrected chi connectivity index (χ1v) is 11.8. The third kappa shape index (κ3) is 4.78.